The maximum atomic E-state index is 11.6. The van der Waals surface area contributed by atoms with E-state index in [2.05, 4.69) is 40.8 Å². The van der Waals surface area contributed by atoms with Crippen LogP contribution in [0, 0.1) is 6.92 Å². The molecule has 6 heteroatoms. The third-order valence-corrected chi connectivity index (χ3v) is 5.28. The summed E-state index contributed by atoms with van der Waals surface area (Å²) in [5.74, 6) is 0.870. The zero-order chi connectivity index (χ0) is 20.0. The number of para-hydroxylation sites is 1. The van der Waals surface area contributed by atoms with Gasteiger partial charge in [-0.15, -0.1) is 11.3 Å². The molecule has 2 rings (SSSR count). The molecule has 0 aliphatic heterocycles. The van der Waals surface area contributed by atoms with Crippen LogP contribution >= 0.6 is 11.3 Å². The Hall–Kier alpha value is -2.08. The second-order valence-corrected chi connectivity index (χ2v) is 8.06. The van der Waals surface area contributed by atoms with Crippen molar-refractivity contribution in [2.45, 2.75) is 58.8 Å². The highest BCUT2D eigenvalue weighted by atomic mass is 32.1. The lowest BCUT2D eigenvalue weighted by molar-refractivity contribution is 0.240. The van der Waals surface area contributed by atoms with E-state index in [1.165, 1.54) is 11.1 Å². The zero-order valence-electron chi connectivity index (χ0n) is 17.1. The molecule has 5 nitrogen and oxygen atoms in total. The average molecular weight is 404 g/mol. The Morgan fingerprint density at radius 3 is 2.64 bits per heavy atom. The number of unbranched alkanes of at least 4 members (excludes halogenated alkanes) is 4. The molecule has 0 saturated heterocycles. The van der Waals surface area contributed by atoms with Gasteiger partial charge in [0, 0.05) is 13.1 Å². The molecular formula is C22H33N3O2S. The van der Waals surface area contributed by atoms with Gasteiger partial charge in [-0.1, -0.05) is 38.0 Å². The van der Waals surface area contributed by atoms with Gasteiger partial charge in [0.2, 0.25) is 0 Å². The number of hydrogen-bond acceptors (Lipinski definition) is 4. The van der Waals surface area contributed by atoms with Crippen molar-refractivity contribution in [2.75, 3.05) is 19.7 Å². The van der Waals surface area contributed by atoms with E-state index in [9.17, 15) is 4.79 Å². The quantitative estimate of drug-likeness (QED) is 0.338. The number of urea groups is 1. The summed E-state index contributed by atoms with van der Waals surface area (Å²) in [6.45, 7) is 6.33. The van der Waals surface area contributed by atoms with Crippen LogP contribution in [-0.4, -0.2) is 30.7 Å². The Morgan fingerprint density at radius 1 is 1.11 bits per heavy atom. The summed E-state index contributed by atoms with van der Waals surface area (Å²) in [4.78, 5) is 16.1. The fraction of sp³-hybridized carbons (Fsp3) is 0.545. The highest BCUT2D eigenvalue weighted by molar-refractivity contribution is 7.18. The molecule has 1 heterocycles. The van der Waals surface area contributed by atoms with Gasteiger partial charge in [0.05, 0.1) is 16.3 Å². The van der Waals surface area contributed by atoms with Crippen LogP contribution in [0.2, 0.25) is 0 Å². The normalized spacial score (nSPS) is 11.2. The van der Waals surface area contributed by atoms with E-state index in [0.29, 0.717) is 6.61 Å². The highest BCUT2D eigenvalue weighted by Gasteiger charge is 2.06. The van der Waals surface area contributed by atoms with Gasteiger partial charge in [0.1, 0.15) is 11.3 Å². The van der Waals surface area contributed by atoms with Crippen LogP contribution < -0.4 is 15.4 Å². The smallest absolute Gasteiger partial charge is 0.314 e. The third-order valence-electron chi connectivity index (χ3n) is 4.35. The summed E-state index contributed by atoms with van der Waals surface area (Å²) in [7, 11) is 0. The number of ether oxygens (including phenoxy) is 1. The van der Waals surface area contributed by atoms with Crippen molar-refractivity contribution in [3.05, 3.63) is 35.4 Å². The van der Waals surface area contributed by atoms with E-state index in [-0.39, 0.29) is 6.03 Å². The first-order chi connectivity index (χ1) is 13.7. The summed E-state index contributed by atoms with van der Waals surface area (Å²) in [6, 6.07) is 6.04. The maximum absolute atomic E-state index is 11.6. The molecule has 1 aromatic heterocycles. The monoisotopic (exact) mass is 403 g/mol. The molecule has 0 bridgehead atoms. The number of carbonyl (C=O) groups excluding carboxylic acids is 1. The number of thiazole rings is 1. The van der Waals surface area contributed by atoms with Crippen molar-refractivity contribution >= 4 is 27.6 Å². The standard InChI is InChI=1S/C22H33N3O2S/c1-3-4-9-15-23-22(26)24-16-10-7-5-6-8-11-17-27-19-13-12-14-20-21(19)25-18(2)28-20/h6,8,12-14H,3-5,7,9-11,15-17H2,1-2H3,(H2,23,24,26)/b8-6-. The zero-order valence-corrected chi connectivity index (χ0v) is 17.9. The van der Waals surface area contributed by atoms with Crippen LogP contribution in [0.25, 0.3) is 10.2 Å². The van der Waals surface area contributed by atoms with Gasteiger partial charge in [-0.2, -0.15) is 0 Å². The Bertz CT molecular complexity index is 742. The molecule has 0 saturated carbocycles. The molecule has 0 unspecified atom stereocenters. The number of benzene rings is 1. The van der Waals surface area contributed by atoms with E-state index in [1.54, 1.807) is 11.3 Å². The van der Waals surface area contributed by atoms with Crippen molar-refractivity contribution in [3.63, 3.8) is 0 Å². The first-order valence-corrected chi connectivity index (χ1v) is 11.2. The summed E-state index contributed by atoms with van der Waals surface area (Å²) >= 11 is 1.70. The molecule has 154 valence electrons. The number of nitrogens with zero attached hydrogens (tertiary/aromatic N) is 1. The number of allylic oxidation sites excluding steroid dienone is 1. The molecule has 0 aliphatic carbocycles. The summed E-state index contributed by atoms with van der Waals surface area (Å²) in [5, 5.41) is 6.86. The fourth-order valence-electron chi connectivity index (χ4n) is 2.85. The van der Waals surface area contributed by atoms with E-state index < -0.39 is 0 Å². The van der Waals surface area contributed by atoms with Gasteiger partial charge in [-0.3, -0.25) is 0 Å². The van der Waals surface area contributed by atoms with Crippen molar-refractivity contribution < 1.29 is 9.53 Å². The number of aromatic nitrogens is 1. The molecule has 0 aliphatic rings. The minimum Gasteiger partial charge on any atom is -0.491 e. The van der Waals surface area contributed by atoms with E-state index in [0.717, 1.165) is 67.9 Å². The van der Waals surface area contributed by atoms with E-state index in [1.807, 2.05) is 19.1 Å². The number of fused-ring (bicyclic) bond motifs is 1. The highest BCUT2D eigenvalue weighted by Crippen LogP contribution is 2.29. The van der Waals surface area contributed by atoms with Crippen LogP contribution in [0.1, 0.15) is 56.9 Å². The van der Waals surface area contributed by atoms with Crippen molar-refractivity contribution in [1.82, 2.24) is 15.6 Å². The first kappa shape index (κ1) is 22.2. The van der Waals surface area contributed by atoms with Gasteiger partial charge in [-0.05, 0) is 51.2 Å². The van der Waals surface area contributed by atoms with Crippen LogP contribution in [0.4, 0.5) is 4.79 Å². The Balaban J connectivity index is 1.48. The molecule has 2 amide bonds. The Labute approximate surface area is 172 Å². The average Bonchev–Trinajstić information content (AvgIpc) is 3.07. The predicted octanol–water partition coefficient (Wildman–Crippen LogP) is 5.59. The fourth-order valence-corrected chi connectivity index (χ4v) is 3.70. The second kappa shape index (κ2) is 13.2. The van der Waals surface area contributed by atoms with E-state index in [4.69, 9.17) is 4.74 Å². The third kappa shape index (κ3) is 8.30. The molecule has 0 atom stereocenters. The number of carbonyl (C=O) groups is 1. The summed E-state index contributed by atoms with van der Waals surface area (Å²) in [6.07, 6.45) is 11.7. The summed E-state index contributed by atoms with van der Waals surface area (Å²) in [5.41, 5.74) is 0.968. The molecule has 0 fully saturated rings. The van der Waals surface area contributed by atoms with Gasteiger partial charge in [-0.25, -0.2) is 9.78 Å². The van der Waals surface area contributed by atoms with Crippen LogP contribution in [-0.2, 0) is 0 Å². The van der Waals surface area contributed by atoms with Gasteiger partial charge in [0.15, 0.2) is 0 Å². The molecule has 0 radical (unpaired) electrons. The minimum atomic E-state index is -0.0471. The van der Waals surface area contributed by atoms with Gasteiger partial charge < -0.3 is 15.4 Å². The van der Waals surface area contributed by atoms with Crippen molar-refractivity contribution in [2.24, 2.45) is 0 Å². The second-order valence-electron chi connectivity index (χ2n) is 6.83. The van der Waals surface area contributed by atoms with Crippen LogP contribution in [0.3, 0.4) is 0 Å². The number of nitrogens with one attached hydrogen (secondary N) is 2. The molecule has 1 aromatic carbocycles. The number of rotatable bonds is 13. The molecule has 2 aromatic rings. The number of hydrogen-bond donors (Lipinski definition) is 2. The lowest BCUT2D eigenvalue weighted by Gasteiger charge is -2.06. The molecule has 0 spiro atoms. The molecule has 28 heavy (non-hydrogen) atoms. The molecular weight excluding hydrogens is 370 g/mol. The summed E-state index contributed by atoms with van der Waals surface area (Å²) < 4.78 is 7.06. The Kier molecular flexibility index (Phi) is 10.4. The van der Waals surface area contributed by atoms with E-state index >= 15 is 0 Å². The number of amides is 2. The number of aryl methyl sites for hydroxylation is 1. The van der Waals surface area contributed by atoms with Gasteiger partial charge >= 0.3 is 6.03 Å². The molecule has 2 N–H and O–H groups in total. The lowest BCUT2D eigenvalue weighted by Crippen LogP contribution is -2.36. The maximum Gasteiger partial charge on any atom is 0.314 e. The first-order valence-electron chi connectivity index (χ1n) is 10.4. The topological polar surface area (TPSA) is 63.2 Å². The van der Waals surface area contributed by atoms with Crippen molar-refractivity contribution in [3.8, 4) is 5.75 Å². The largest absolute Gasteiger partial charge is 0.491 e. The van der Waals surface area contributed by atoms with Crippen LogP contribution in [0.15, 0.2) is 30.4 Å². The van der Waals surface area contributed by atoms with Gasteiger partial charge in [0.25, 0.3) is 0 Å². The van der Waals surface area contributed by atoms with Crippen LogP contribution in [0.5, 0.6) is 5.75 Å². The van der Waals surface area contributed by atoms with Crippen molar-refractivity contribution in [1.29, 1.82) is 0 Å². The SMILES string of the molecule is CCCCCNC(=O)NCCCC/C=C\CCOc1cccc2sc(C)nc12. The predicted molar refractivity (Wildman–Crippen MR) is 118 cm³/mol. The lowest BCUT2D eigenvalue weighted by atomic mass is 10.2. The Morgan fingerprint density at radius 2 is 1.86 bits per heavy atom. The minimum absolute atomic E-state index is 0.0471.